The van der Waals surface area contributed by atoms with E-state index in [1.807, 2.05) is 42.5 Å². The monoisotopic (exact) mass is 357 g/mol. The minimum atomic E-state index is -0.316. The molecule has 1 amide bonds. The number of anilines is 1. The third-order valence-electron chi connectivity index (χ3n) is 3.23. The Morgan fingerprint density at radius 2 is 1.46 bits per heavy atom. The van der Waals surface area contributed by atoms with Gasteiger partial charge in [-0.1, -0.05) is 53.5 Å². The summed E-state index contributed by atoms with van der Waals surface area (Å²) >= 11 is 11.9. The van der Waals surface area contributed by atoms with Crippen molar-refractivity contribution in [1.29, 1.82) is 0 Å². The first-order valence-corrected chi connectivity index (χ1v) is 7.97. The molecule has 0 fully saturated rings. The number of ether oxygens (including phenoxy) is 1. The first-order valence-electron chi connectivity index (χ1n) is 7.21. The van der Waals surface area contributed by atoms with Crippen LogP contribution in [0, 0.1) is 0 Å². The number of carbonyl (C=O) groups is 1. The molecule has 0 aliphatic carbocycles. The summed E-state index contributed by atoms with van der Waals surface area (Å²) in [5.74, 6) is 0.915. The van der Waals surface area contributed by atoms with Gasteiger partial charge >= 0.3 is 0 Å². The van der Waals surface area contributed by atoms with Crippen LogP contribution in [0.4, 0.5) is 5.69 Å². The van der Waals surface area contributed by atoms with Gasteiger partial charge in [0.15, 0.2) is 5.75 Å². The minimum absolute atomic E-state index is 0.316. The maximum Gasteiger partial charge on any atom is 0.255 e. The topological polar surface area (TPSA) is 38.3 Å². The number of halogens is 2. The van der Waals surface area contributed by atoms with Gasteiger partial charge in [0.05, 0.1) is 5.69 Å². The highest BCUT2D eigenvalue weighted by Crippen LogP contribution is 2.30. The Bertz CT molecular complexity index is 846. The Morgan fingerprint density at radius 3 is 2.17 bits per heavy atom. The van der Waals surface area contributed by atoms with Crippen LogP contribution in [0.3, 0.4) is 0 Å². The van der Waals surface area contributed by atoms with Gasteiger partial charge < -0.3 is 10.1 Å². The lowest BCUT2D eigenvalue weighted by Gasteiger charge is -2.12. The SMILES string of the molecule is O=C(Nc1ccccc1Oc1ccccc1)c1cc(Cl)cc(Cl)c1. The molecule has 0 spiro atoms. The number of hydrogen-bond acceptors (Lipinski definition) is 2. The van der Waals surface area contributed by atoms with Crippen molar-refractivity contribution in [3.05, 3.63) is 88.4 Å². The second kappa shape index (κ2) is 7.39. The van der Waals surface area contributed by atoms with E-state index >= 15 is 0 Å². The van der Waals surface area contributed by atoms with E-state index in [9.17, 15) is 4.79 Å². The van der Waals surface area contributed by atoms with Crippen molar-refractivity contribution < 1.29 is 9.53 Å². The molecule has 3 rings (SSSR count). The number of hydrogen-bond donors (Lipinski definition) is 1. The van der Waals surface area contributed by atoms with Crippen LogP contribution in [0.1, 0.15) is 10.4 Å². The van der Waals surface area contributed by atoms with E-state index in [4.69, 9.17) is 27.9 Å². The molecule has 1 N–H and O–H groups in total. The number of carbonyl (C=O) groups excluding carboxylic acids is 1. The van der Waals surface area contributed by atoms with Gasteiger partial charge in [0.2, 0.25) is 0 Å². The molecule has 0 saturated heterocycles. The van der Waals surface area contributed by atoms with Crippen molar-refractivity contribution in [2.75, 3.05) is 5.32 Å². The van der Waals surface area contributed by atoms with Gasteiger partial charge in [0, 0.05) is 15.6 Å². The second-order valence-corrected chi connectivity index (χ2v) is 5.90. The Hall–Kier alpha value is -2.49. The number of nitrogens with one attached hydrogen (secondary N) is 1. The van der Waals surface area contributed by atoms with Crippen molar-refractivity contribution >= 4 is 34.8 Å². The highest BCUT2D eigenvalue weighted by Gasteiger charge is 2.11. The van der Waals surface area contributed by atoms with Gasteiger partial charge in [-0.3, -0.25) is 4.79 Å². The third kappa shape index (κ3) is 4.07. The Labute approximate surface area is 149 Å². The zero-order valence-corrected chi connectivity index (χ0v) is 14.0. The van der Waals surface area contributed by atoms with Gasteiger partial charge in [-0.05, 0) is 42.5 Å². The lowest BCUT2D eigenvalue weighted by atomic mass is 10.2. The van der Waals surface area contributed by atoms with Crippen LogP contribution in [0.25, 0.3) is 0 Å². The number of rotatable bonds is 4. The van der Waals surface area contributed by atoms with Gasteiger partial charge in [0.25, 0.3) is 5.91 Å². The summed E-state index contributed by atoms with van der Waals surface area (Å²) in [5.41, 5.74) is 0.935. The Balaban J connectivity index is 1.83. The molecule has 0 heterocycles. The molecule has 0 atom stereocenters. The van der Waals surface area contributed by atoms with Crippen LogP contribution >= 0.6 is 23.2 Å². The van der Waals surface area contributed by atoms with Crippen LogP contribution in [0.5, 0.6) is 11.5 Å². The average molecular weight is 358 g/mol. The molecule has 5 heteroatoms. The quantitative estimate of drug-likeness (QED) is 0.618. The predicted octanol–water partition coefficient (Wildman–Crippen LogP) is 6.04. The molecule has 3 nitrogen and oxygen atoms in total. The minimum Gasteiger partial charge on any atom is -0.455 e. The summed E-state index contributed by atoms with van der Waals surface area (Å²) in [6.07, 6.45) is 0. The molecule has 0 bridgehead atoms. The number of amides is 1. The van der Waals surface area contributed by atoms with Crippen LogP contribution in [0.15, 0.2) is 72.8 Å². The molecular formula is C19H13Cl2NO2. The summed E-state index contributed by atoms with van der Waals surface area (Å²) in [6, 6.07) is 21.3. The van der Waals surface area contributed by atoms with Crippen molar-refractivity contribution in [3.8, 4) is 11.5 Å². The molecule has 0 aliphatic heterocycles. The van der Waals surface area contributed by atoms with Gasteiger partial charge in [-0.25, -0.2) is 0 Å². The Morgan fingerprint density at radius 1 is 0.833 bits per heavy atom. The van der Waals surface area contributed by atoms with E-state index in [2.05, 4.69) is 5.32 Å². The number of benzene rings is 3. The first-order chi connectivity index (χ1) is 11.6. The molecule has 0 aliphatic rings. The zero-order valence-electron chi connectivity index (χ0n) is 12.5. The van der Waals surface area contributed by atoms with Crippen LogP contribution in [-0.4, -0.2) is 5.91 Å². The van der Waals surface area contributed by atoms with E-state index in [1.165, 1.54) is 0 Å². The fourth-order valence-electron chi connectivity index (χ4n) is 2.15. The van der Waals surface area contributed by atoms with Crippen molar-refractivity contribution in [3.63, 3.8) is 0 Å². The van der Waals surface area contributed by atoms with Crippen LogP contribution in [0.2, 0.25) is 10.0 Å². The summed E-state index contributed by atoms with van der Waals surface area (Å²) < 4.78 is 5.83. The zero-order chi connectivity index (χ0) is 16.9. The Kier molecular flexibility index (Phi) is 5.04. The maximum absolute atomic E-state index is 12.4. The molecule has 0 aromatic heterocycles. The smallest absolute Gasteiger partial charge is 0.255 e. The van der Waals surface area contributed by atoms with Crippen molar-refractivity contribution in [2.24, 2.45) is 0 Å². The average Bonchev–Trinajstić information content (AvgIpc) is 2.56. The standard InChI is InChI=1S/C19H13Cl2NO2/c20-14-10-13(11-15(21)12-14)19(23)22-17-8-4-5-9-18(17)24-16-6-2-1-3-7-16/h1-12H,(H,22,23). The largest absolute Gasteiger partial charge is 0.455 e. The fourth-order valence-corrected chi connectivity index (χ4v) is 2.68. The van der Waals surface area contributed by atoms with E-state index in [1.54, 1.807) is 30.3 Å². The van der Waals surface area contributed by atoms with Crippen molar-refractivity contribution in [2.45, 2.75) is 0 Å². The molecule has 24 heavy (non-hydrogen) atoms. The van der Waals surface area contributed by atoms with Gasteiger partial charge in [-0.15, -0.1) is 0 Å². The van der Waals surface area contributed by atoms with E-state index in [0.29, 0.717) is 32.8 Å². The highest BCUT2D eigenvalue weighted by molar-refractivity contribution is 6.35. The summed E-state index contributed by atoms with van der Waals surface area (Å²) in [7, 11) is 0. The first kappa shape index (κ1) is 16.4. The van der Waals surface area contributed by atoms with Gasteiger partial charge in [0.1, 0.15) is 5.75 Å². The molecule has 0 unspecified atom stereocenters. The second-order valence-electron chi connectivity index (χ2n) is 5.02. The predicted molar refractivity (Wildman–Crippen MR) is 97.4 cm³/mol. The van der Waals surface area contributed by atoms with Gasteiger partial charge in [-0.2, -0.15) is 0 Å². The lowest BCUT2D eigenvalue weighted by molar-refractivity contribution is 0.102. The molecule has 3 aromatic rings. The van der Waals surface area contributed by atoms with E-state index < -0.39 is 0 Å². The van der Waals surface area contributed by atoms with Crippen molar-refractivity contribution in [1.82, 2.24) is 0 Å². The van der Waals surface area contributed by atoms with E-state index in [0.717, 1.165) is 0 Å². The molecular weight excluding hydrogens is 345 g/mol. The molecule has 3 aromatic carbocycles. The van der Waals surface area contributed by atoms with Crippen LogP contribution < -0.4 is 10.1 Å². The highest BCUT2D eigenvalue weighted by atomic mass is 35.5. The number of para-hydroxylation sites is 3. The summed E-state index contributed by atoms with van der Waals surface area (Å²) in [5, 5.41) is 3.63. The summed E-state index contributed by atoms with van der Waals surface area (Å²) in [6.45, 7) is 0. The molecule has 0 saturated carbocycles. The normalized spacial score (nSPS) is 10.2. The molecule has 0 radical (unpaired) electrons. The maximum atomic E-state index is 12.4. The fraction of sp³-hybridized carbons (Fsp3) is 0. The lowest BCUT2D eigenvalue weighted by Crippen LogP contribution is -2.12. The van der Waals surface area contributed by atoms with Crippen LogP contribution in [-0.2, 0) is 0 Å². The van der Waals surface area contributed by atoms with E-state index in [-0.39, 0.29) is 5.91 Å². The molecule has 120 valence electrons. The summed E-state index contributed by atoms with van der Waals surface area (Å²) in [4.78, 5) is 12.4. The third-order valence-corrected chi connectivity index (χ3v) is 3.67.